The Morgan fingerprint density at radius 1 is 1.12 bits per heavy atom. The van der Waals surface area contributed by atoms with Gasteiger partial charge in [0.25, 0.3) is 0 Å². The molecule has 2 aromatic carbocycles. The van der Waals surface area contributed by atoms with Gasteiger partial charge in [0.05, 0.1) is 9.14 Å². The second-order valence-electron chi connectivity index (χ2n) is 5.05. The topological polar surface area (TPSA) is 117 Å². The summed E-state index contributed by atoms with van der Waals surface area (Å²) in [7, 11) is 0. The summed E-state index contributed by atoms with van der Waals surface area (Å²) in [6, 6.07) is 9.28. The van der Waals surface area contributed by atoms with Crippen molar-refractivity contribution in [3.05, 3.63) is 50.6 Å². The molecule has 2 aromatic rings. The third-order valence-corrected chi connectivity index (χ3v) is 4.42. The summed E-state index contributed by atoms with van der Waals surface area (Å²) in [5.74, 6) is -0.959. The maximum absolute atomic E-state index is 9.65. The normalized spacial score (nSPS) is 11.0. The molecule has 0 bridgehead atoms. The number of phenolic OH excluding ortho intramolecular Hbond substituents is 4. The van der Waals surface area contributed by atoms with Gasteiger partial charge in [0.1, 0.15) is 11.1 Å². The zero-order valence-electron chi connectivity index (χ0n) is 12.7. The monoisotopic (exact) mass is 468 g/mol. The average Bonchev–Trinajstić information content (AvgIpc) is 2.58. The van der Waals surface area contributed by atoms with E-state index in [9.17, 15) is 25.7 Å². The molecule has 0 unspecified atom stereocenters. The maximum Gasteiger partial charge on any atom is 0.171 e. The van der Waals surface area contributed by atoms with Gasteiger partial charge >= 0.3 is 0 Å². The van der Waals surface area contributed by atoms with Gasteiger partial charge in [-0.3, -0.25) is 0 Å². The van der Waals surface area contributed by atoms with Crippen molar-refractivity contribution in [2.75, 3.05) is 0 Å². The lowest BCUT2D eigenvalue weighted by atomic mass is 10.1. The van der Waals surface area contributed by atoms with Crippen molar-refractivity contribution in [2.24, 2.45) is 0 Å². The second kappa shape index (κ2) is 8.04. The minimum absolute atomic E-state index is 0.180. The number of rotatable bonds is 4. The Balaban J connectivity index is 2.15. The first-order chi connectivity index (χ1) is 11.8. The van der Waals surface area contributed by atoms with E-state index in [2.05, 4.69) is 5.32 Å². The van der Waals surface area contributed by atoms with Gasteiger partial charge < -0.3 is 25.7 Å². The highest BCUT2D eigenvalue weighted by Crippen LogP contribution is 2.32. The van der Waals surface area contributed by atoms with Gasteiger partial charge in [-0.1, -0.05) is 18.3 Å². The van der Waals surface area contributed by atoms with E-state index < -0.39 is 0 Å². The van der Waals surface area contributed by atoms with Crippen LogP contribution >= 0.6 is 34.8 Å². The maximum atomic E-state index is 9.65. The number of nitriles is 1. The molecule has 0 saturated carbocycles. The van der Waals surface area contributed by atoms with Crippen LogP contribution in [-0.4, -0.2) is 25.4 Å². The first-order valence-electron chi connectivity index (χ1n) is 6.94. The standard InChI is InChI=1S/C17H13IN2O4S/c18-12-4-10(6-15(23)16(12)24)3-11(7-19)17(25)20-8-9-1-2-13(21)14(22)5-9/h1-6,21-24H,8H2,(H,20,25)/b11-3-. The largest absolute Gasteiger partial charge is 0.504 e. The third-order valence-electron chi connectivity index (χ3n) is 3.23. The van der Waals surface area contributed by atoms with Crippen LogP contribution in [-0.2, 0) is 6.54 Å². The van der Waals surface area contributed by atoms with Crippen LogP contribution in [0.3, 0.4) is 0 Å². The van der Waals surface area contributed by atoms with Crippen LogP contribution in [0.25, 0.3) is 6.08 Å². The first kappa shape index (κ1) is 18.8. The Morgan fingerprint density at radius 2 is 1.84 bits per heavy atom. The van der Waals surface area contributed by atoms with Crippen molar-refractivity contribution >= 4 is 45.9 Å². The molecule has 0 spiro atoms. The van der Waals surface area contributed by atoms with Gasteiger partial charge in [-0.05, 0) is 64.1 Å². The Morgan fingerprint density at radius 3 is 2.44 bits per heavy atom. The number of nitrogens with zero attached hydrogens (tertiary/aromatic N) is 1. The highest BCUT2D eigenvalue weighted by molar-refractivity contribution is 14.1. The molecule has 0 fully saturated rings. The fourth-order valence-electron chi connectivity index (χ4n) is 1.96. The van der Waals surface area contributed by atoms with Gasteiger partial charge in [0.2, 0.25) is 0 Å². The van der Waals surface area contributed by atoms with Crippen molar-refractivity contribution in [3.8, 4) is 29.1 Å². The molecule has 0 aliphatic rings. The molecular formula is C17H13IN2O4S. The first-order valence-corrected chi connectivity index (χ1v) is 8.43. The summed E-state index contributed by atoms with van der Waals surface area (Å²) < 4.78 is 0.444. The predicted molar refractivity (Wildman–Crippen MR) is 105 cm³/mol. The van der Waals surface area contributed by atoms with Crippen molar-refractivity contribution in [2.45, 2.75) is 6.54 Å². The number of halogens is 1. The van der Waals surface area contributed by atoms with E-state index >= 15 is 0 Å². The van der Waals surface area contributed by atoms with Gasteiger partial charge in [-0.15, -0.1) is 0 Å². The highest BCUT2D eigenvalue weighted by Gasteiger charge is 2.09. The second-order valence-corrected chi connectivity index (χ2v) is 6.62. The van der Waals surface area contributed by atoms with E-state index in [1.807, 2.05) is 28.7 Å². The Labute approximate surface area is 162 Å². The number of thiocarbonyl (C=S) groups is 1. The van der Waals surface area contributed by atoms with E-state index in [4.69, 9.17) is 12.2 Å². The molecule has 0 heterocycles. The molecule has 6 nitrogen and oxygen atoms in total. The summed E-state index contributed by atoms with van der Waals surface area (Å²) in [6.07, 6.45) is 1.49. The predicted octanol–water partition coefficient (Wildman–Crippen LogP) is 3.14. The summed E-state index contributed by atoms with van der Waals surface area (Å²) in [4.78, 5) is 0.192. The molecule has 0 atom stereocenters. The molecule has 0 aromatic heterocycles. The van der Waals surface area contributed by atoms with Gasteiger partial charge in [0.15, 0.2) is 23.0 Å². The zero-order chi connectivity index (χ0) is 18.6. The lowest BCUT2D eigenvalue weighted by Crippen LogP contribution is -2.22. The molecule has 0 radical (unpaired) electrons. The molecule has 128 valence electrons. The SMILES string of the molecule is N#C/C(=C/c1cc(O)c(O)c(I)c1)C(=S)NCc1ccc(O)c(O)c1. The molecular weight excluding hydrogens is 455 g/mol. The van der Waals surface area contributed by atoms with E-state index in [0.29, 0.717) is 14.7 Å². The molecule has 0 aliphatic carbocycles. The fourth-order valence-corrected chi connectivity index (χ4v) is 2.77. The van der Waals surface area contributed by atoms with Gasteiger partial charge in [0, 0.05) is 6.54 Å². The summed E-state index contributed by atoms with van der Waals surface area (Å²) in [5, 5.41) is 50.2. The molecule has 25 heavy (non-hydrogen) atoms. The van der Waals surface area contributed by atoms with Crippen LogP contribution in [0.5, 0.6) is 23.0 Å². The van der Waals surface area contributed by atoms with E-state index in [-0.39, 0.29) is 40.1 Å². The lowest BCUT2D eigenvalue weighted by molar-refractivity contribution is 0.401. The summed E-state index contributed by atoms with van der Waals surface area (Å²) in [5.41, 5.74) is 1.37. The van der Waals surface area contributed by atoms with Crippen LogP contribution in [0.2, 0.25) is 0 Å². The Hall–Kier alpha value is -2.51. The number of phenols is 4. The molecule has 0 saturated heterocycles. The fraction of sp³-hybridized carbons (Fsp3) is 0.0588. The highest BCUT2D eigenvalue weighted by atomic mass is 127. The number of hydrogen-bond acceptors (Lipinski definition) is 6. The Kier molecular flexibility index (Phi) is 6.06. The van der Waals surface area contributed by atoms with Crippen molar-refractivity contribution in [3.63, 3.8) is 0 Å². The third kappa shape index (κ3) is 4.74. The molecule has 0 amide bonds. The van der Waals surface area contributed by atoms with E-state index in [1.165, 1.54) is 24.3 Å². The minimum Gasteiger partial charge on any atom is -0.504 e. The number of hydrogen-bond donors (Lipinski definition) is 5. The number of aromatic hydroxyl groups is 4. The number of benzene rings is 2. The molecule has 5 N–H and O–H groups in total. The van der Waals surface area contributed by atoms with Crippen molar-refractivity contribution < 1.29 is 20.4 Å². The average molecular weight is 468 g/mol. The van der Waals surface area contributed by atoms with Crippen LogP contribution < -0.4 is 5.32 Å². The summed E-state index contributed by atoms with van der Waals surface area (Å²) in [6.45, 7) is 0.254. The van der Waals surface area contributed by atoms with Crippen molar-refractivity contribution in [1.29, 1.82) is 5.26 Å². The lowest BCUT2D eigenvalue weighted by Gasteiger charge is -2.09. The van der Waals surface area contributed by atoms with Gasteiger partial charge in [-0.2, -0.15) is 5.26 Å². The van der Waals surface area contributed by atoms with Crippen LogP contribution in [0.15, 0.2) is 35.9 Å². The molecule has 0 aliphatic heterocycles. The molecule has 8 heteroatoms. The van der Waals surface area contributed by atoms with E-state index in [1.54, 1.807) is 12.1 Å². The summed E-state index contributed by atoms with van der Waals surface area (Å²) >= 11 is 7.06. The smallest absolute Gasteiger partial charge is 0.171 e. The van der Waals surface area contributed by atoms with Crippen LogP contribution in [0.4, 0.5) is 0 Å². The zero-order valence-corrected chi connectivity index (χ0v) is 15.7. The van der Waals surface area contributed by atoms with Crippen LogP contribution in [0.1, 0.15) is 11.1 Å². The molecule has 2 rings (SSSR count). The number of nitrogens with one attached hydrogen (secondary N) is 1. The van der Waals surface area contributed by atoms with Crippen molar-refractivity contribution in [1.82, 2.24) is 5.32 Å². The van der Waals surface area contributed by atoms with Crippen LogP contribution in [0, 0.1) is 14.9 Å². The minimum atomic E-state index is -0.283. The quantitative estimate of drug-likeness (QED) is 0.154. The van der Waals surface area contributed by atoms with E-state index in [0.717, 1.165) is 0 Å². The van der Waals surface area contributed by atoms with Gasteiger partial charge in [-0.25, -0.2) is 0 Å². The Bertz CT molecular complexity index is 883.